The van der Waals surface area contributed by atoms with Gasteiger partial charge in [0.05, 0.1) is 16.8 Å². The van der Waals surface area contributed by atoms with Crippen molar-refractivity contribution in [1.82, 2.24) is 19.4 Å². The summed E-state index contributed by atoms with van der Waals surface area (Å²) in [5.41, 5.74) is 2.86. The van der Waals surface area contributed by atoms with Gasteiger partial charge in [0.1, 0.15) is 11.5 Å². The largest absolute Gasteiger partial charge is 0.466 e. The fraction of sp³-hybridized carbons (Fsp3) is 0.368. The highest BCUT2D eigenvalue weighted by atomic mass is 16.3. The second-order valence-electron chi connectivity index (χ2n) is 6.60. The highest BCUT2D eigenvalue weighted by Gasteiger charge is 2.25. The van der Waals surface area contributed by atoms with E-state index in [1.54, 1.807) is 0 Å². The van der Waals surface area contributed by atoms with Crippen LogP contribution in [-0.4, -0.2) is 51.5 Å². The fourth-order valence-electron chi connectivity index (χ4n) is 3.42. The number of fused-ring (bicyclic) bond motifs is 1. The van der Waals surface area contributed by atoms with Gasteiger partial charge in [-0.3, -0.25) is 9.69 Å². The Morgan fingerprint density at radius 1 is 1.16 bits per heavy atom. The van der Waals surface area contributed by atoms with Gasteiger partial charge in [-0.1, -0.05) is 6.07 Å². The average Bonchev–Trinajstić information content (AvgIpc) is 3.16. The van der Waals surface area contributed by atoms with Gasteiger partial charge in [-0.15, -0.1) is 0 Å². The maximum atomic E-state index is 12.6. The number of hydrogen-bond acceptors (Lipinski definition) is 4. The predicted molar refractivity (Wildman–Crippen MR) is 94.6 cm³/mol. The fourth-order valence-corrected chi connectivity index (χ4v) is 3.42. The summed E-state index contributed by atoms with van der Waals surface area (Å²) < 4.78 is 7.39. The number of aromatic nitrogens is 2. The molecule has 1 aliphatic heterocycles. The first-order chi connectivity index (χ1) is 12.1. The molecule has 1 saturated heterocycles. The lowest BCUT2D eigenvalue weighted by Crippen LogP contribution is -2.48. The van der Waals surface area contributed by atoms with E-state index in [0.29, 0.717) is 11.3 Å². The van der Waals surface area contributed by atoms with Gasteiger partial charge < -0.3 is 9.32 Å². The molecule has 0 aliphatic carbocycles. The van der Waals surface area contributed by atoms with Crippen molar-refractivity contribution in [3.05, 3.63) is 59.3 Å². The molecule has 0 saturated carbocycles. The van der Waals surface area contributed by atoms with E-state index in [1.165, 1.54) is 0 Å². The predicted octanol–water partition coefficient (Wildman–Crippen LogP) is 2.50. The highest BCUT2D eigenvalue weighted by molar-refractivity contribution is 5.95. The van der Waals surface area contributed by atoms with Gasteiger partial charge in [0.2, 0.25) is 0 Å². The van der Waals surface area contributed by atoms with E-state index in [2.05, 4.69) is 22.1 Å². The molecule has 130 valence electrons. The summed E-state index contributed by atoms with van der Waals surface area (Å²) in [7, 11) is 0. The number of aryl methyl sites for hydroxylation is 2. The molecule has 3 aromatic rings. The van der Waals surface area contributed by atoms with Crippen LogP contribution >= 0.6 is 0 Å². The molecule has 4 rings (SSSR count). The van der Waals surface area contributed by atoms with Crippen LogP contribution in [0.4, 0.5) is 0 Å². The van der Waals surface area contributed by atoms with Gasteiger partial charge in [-0.25, -0.2) is 4.52 Å². The van der Waals surface area contributed by atoms with E-state index in [-0.39, 0.29) is 5.91 Å². The van der Waals surface area contributed by atoms with Crippen LogP contribution in [-0.2, 0) is 6.54 Å². The third-order valence-corrected chi connectivity index (χ3v) is 4.74. The quantitative estimate of drug-likeness (QED) is 0.736. The van der Waals surface area contributed by atoms with Crippen LogP contribution in [0.1, 0.15) is 27.6 Å². The monoisotopic (exact) mass is 338 g/mol. The molecule has 25 heavy (non-hydrogen) atoms. The summed E-state index contributed by atoms with van der Waals surface area (Å²) in [6, 6.07) is 10.0. The van der Waals surface area contributed by atoms with Crippen molar-refractivity contribution >= 4 is 11.4 Å². The Labute approximate surface area is 146 Å². The Kier molecular flexibility index (Phi) is 4.05. The molecule has 6 heteroatoms. The molecule has 1 aliphatic rings. The number of carbonyl (C=O) groups is 1. The first-order valence-electron chi connectivity index (χ1n) is 8.62. The molecule has 0 aromatic carbocycles. The summed E-state index contributed by atoms with van der Waals surface area (Å²) >= 11 is 0. The molecule has 0 unspecified atom stereocenters. The van der Waals surface area contributed by atoms with Crippen LogP contribution in [0.15, 0.2) is 40.9 Å². The highest BCUT2D eigenvalue weighted by Crippen LogP contribution is 2.18. The number of pyridine rings is 1. The molecule has 1 amide bonds. The third-order valence-electron chi connectivity index (χ3n) is 4.74. The van der Waals surface area contributed by atoms with Crippen LogP contribution < -0.4 is 0 Å². The SMILES string of the molecule is Cc1cc(C(=O)N2CCN(Cc3cc4ccccn4n3)CC2)c(C)o1. The Balaban J connectivity index is 1.38. The topological polar surface area (TPSA) is 54.0 Å². The molecule has 0 radical (unpaired) electrons. The van der Waals surface area contributed by atoms with Gasteiger partial charge in [-0.05, 0) is 38.1 Å². The van der Waals surface area contributed by atoms with Gasteiger partial charge >= 0.3 is 0 Å². The second kappa shape index (κ2) is 6.37. The lowest BCUT2D eigenvalue weighted by molar-refractivity contribution is 0.0625. The maximum absolute atomic E-state index is 12.6. The van der Waals surface area contributed by atoms with Crippen LogP contribution in [0.5, 0.6) is 0 Å². The van der Waals surface area contributed by atoms with Crippen molar-refractivity contribution in [2.24, 2.45) is 0 Å². The van der Waals surface area contributed by atoms with Crippen LogP contribution in [0.25, 0.3) is 5.52 Å². The molecule has 6 nitrogen and oxygen atoms in total. The average molecular weight is 338 g/mol. The molecule has 0 spiro atoms. The van der Waals surface area contributed by atoms with E-state index >= 15 is 0 Å². The minimum atomic E-state index is 0.0710. The molecule has 4 heterocycles. The summed E-state index contributed by atoms with van der Waals surface area (Å²) in [4.78, 5) is 16.9. The number of hydrogen-bond donors (Lipinski definition) is 0. The van der Waals surface area contributed by atoms with Gasteiger partial charge in [-0.2, -0.15) is 5.10 Å². The summed E-state index contributed by atoms with van der Waals surface area (Å²) in [5, 5.41) is 4.60. The zero-order valence-corrected chi connectivity index (χ0v) is 14.6. The van der Waals surface area contributed by atoms with Crippen molar-refractivity contribution < 1.29 is 9.21 Å². The third kappa shape index (κ3) is 3.17. The van der Waals surface area contributed by atoms with Crippen molar-refractivity contribution in [3.63, 3.8) is 0 Å². The first kappa shape index (κ1) is 15.9. The standard InChI is InChI=1S/C19H22N4O2/c1-14-11-18(15(2)25-14)19(24)22-9-7-21(8-10-22)13-16-12-17-5-3-4-6-23(17)20-16/h3-6,11-12H,7-10,13H2,1-2H3. The molecule has 0 N–H and O–H groups in total. The Bertz CT molecular complexity index is 870. The second-order valence-corrected chi connectivity index (χ2v) is 6.60. The molecule has 1 fully saturated rings. The first-order valence-corrected chi connectivity index (χ1v) is 8.62. The van der Waals surface area contributed by atoms with Gasteiger partial charge in [0.25, 0.3) is 5.91 Å². The lowest BCUT2D eigenvalue weighted by atomic mass is 10.2. The minimum Gasteiger partial charge on any atom is -0.466 e. The normalized spacial score (nSPS) is 15.8. The van der Waals surface area contributed by atoms with E-state index in [0.717, 1.165) is 49.7 Å². The van der Waals surface area contributed by atoms with Crippen LogP contribution in [0.3, 0.4) is 0 Å². The lowest BCUT2D eigenvalue weighted by Gasteiger charge is -2.34. The van der Waals surface area contributed by atoms with Crippen molar-refractivity contribution in [3.8, 4) is 0 Å². The summed E-state index contributed by atoms with van der Waals surface area (Å²) in [5.74, 6) is 1.56. The number of furan rings is 1. The van der Waals surface area contributed by atoms with E-state index in [9.17, 15) is 4.79 Å². The number of piperazine rings is 1. The van der Waals surface area contributed by atoms with Crippen LogP contribution in [0, 0.1) is 13.8 Å². The number of amides is 1. The zero-order valence-electron chi connectivity index (χ0n) is 14.6. The molecular formula is C19H22N4O2. The molecule has 3 aromatic heterocycles. The van der Waals surface area contributed by atoms with E-state index < -0.39 is 0 Å². The Morgan fingerprint density at radius 3 is 2.64 bits per heavy atom. The summed E-state index contributed by atoms with van der Waals surface area (Å²) in [6.45, 7) is 7.71. The Hall–Kier alpha value is -2.60. The Morgan fingerprint density at radius 2 is 1.96 bits per heavy atom. The van der Waals surface area contributed by atoms with E-state index in [4.69, 9.17) is 4.42 Å². The van der Waals surface area contributed by atoms with Gasteiger partial charge in [0.15, 0.2) is 0 Å². The minimum absolute atomic E-state index is 0.0710. The number of rotatable bonds is 3. The molecular weight excluding hydrogens is 316 g/mol. The number of nitrogens with zero attached hydrogens (tertiary/aromatic N) is 4. The number of carbonyl (C=O) groups excluding carboxylic acids is 1. The molecule has 0 bridgehead atoms. The van der Waals surface area contributed by atoms with E-state index in [1.807, 2.05) is 47.7 Å². The molecule has 0 atom stereocenters. The van der Waals surface area contributed by atoms with Crippen molar-refractivity contribution in [2.45, 2.75) is 20.4 Å². The van der Waals surface area contributed by atoms with Crippen molar-refractivity contribution in [2.75, 3.05) is 26.2 Å². The summed E-state index contributed by atoms with van der Waals surface area (Å²) in [6.07, 6.45) is 1.96. The zero-order chi connectivity index (χ0) is 17.4. The van der Waals surface area contributed by atoms with Crippen molar-refractivity contribution in [1.29, 1.82) is 0 Å². The van der Waals surface area contributed by atoms with Crippen LogP contribution in [0.2, 0.25) is 0 Å². The smallest absolute Gasteiger partial charge is 0.257 e. The maximum Gasteiger partial charge on any atom is 0.257 e. The van der Waals surface area contributed by atoms with Gasteiger partial charge in [0, 0.05) is 38.9 Å².